The number of fused-ring (bicyclic) bond motifs is 1. The number of methoxy groups -OCH3 is 1. The summed E-state index contributed by atoms with van der Waals surface area (Å²) in [5.41, 5.74) is 0.445. The first-order valence-electron chi connectivity index (χ1n) is 6.14. The number of anilines is 2. The van der Waals surface area contributed by atoms with Crippen LogP contribution in [0.2, 0.25) is 0 Å². The Morgan fingerprint density at radius 1 is 1.05 bits per heavy atom. The predicted octanol–water partition coefficient (Wildman–Crippen LogP) is 2.44. The molecule has 21 heavy (non-hydrogen) atoms. The maximum atomic E-state index is 12.7. The van der Waals surface area contributed by atoms with Crippen LogP contribution in [0.1, 0.15) is 0 Å². The number of nitrogens with one attached hydrogen (secondary N) is 1. The van der Waals surface area contributed by atoms with Gasteiger partial charge >= 0.3 is 6.03 Å². The Morgan fingerprint density at radius 3 is 2.48 bits per heavy atom. The van der Waals surface area contributed by atoms with Gasteiger partial charge in [-0.2, -0.15) is 4.31 Å². The van der Waals surface area contributed by atoms with Crippen LogP contribution in [-0.4, -0.2) is 21.6 Å². The summed E-state index contributed by atoms with van der Waals surface area (Å²) in [6.07, 6.45) is 0. The number of urea groups is 1. The topological polar surface area (TPSA) is 75.7 Å². The molecule has 2 aromatic rings. The zero-order valence-electron chi connectivity index (χ0n) is 11.1. The molecule has 6 nitrogen and oxygen atoms in total. The smallest absolute Gasteiger partial charge is 0.340 e. The standard InChI is InChI=1S/C14H12N2O4S/c1-20-12-8-4-3-7-11(12)16-14(17)15-10-6-2-5-9-13(10)21(16,18)19/h2-9H,1H3,(H,15,17). The fraction of sp³-hybridized carbons (Fsp3) is 0.0714. The summed E-state index contributed by atoms with van der Waals surface area (Å²) in [5.74, 6) is 0.301. The number of benzene rings is 2. The molecule has 0 saturated carbocycles. The van der Waals surface area contributed by atoms with E-state index in [0.29, 0.717) is 10.1 Å². The molecule has 1 aliphatic heterocycles. The highest BCUT2D eigenvalue weighted by atomic mass is 32.2. The van der Waals surface area contributed by atoms with Crippen molar-refractivity contribution in [3.05, 3.63) is 48.5 Å². The van der Waals surface area contributed by atoms with Crippen molar-refractivity contribution in [3.8, 4) is 5.75 Å². The highest BCUT2D eigenvalue weighted by molar-refractivity contribution is 7.94. The third-order valence-corrected chi connectivity index (χ3v) is 4.89. The minimum Gasteiger partial charge on any atom is -0.495 e. The number of sulfonamides is 1. The molecule has 1 N–H and O–H groups in total. The van der Waals surface area contributed by atoms with Crippen LogP contribution in [0, 0.1) is 0 Å². The first-order valence-corrected chi connectivity index (χ1v) is 7.58. The summed E-state index contributed by atoms with van der Waals surface area (Å²) in [6.45, 7) is 0. The van der Waals surface area contributed by atoms with Gasteiger partial charge in [0.1, 0.15) is 16.3 Å². The van der Waals surface area contributed by atoms with Crippen LogP contribution < -0.4 is 14.4 Å². The molecule has 0 saturated heterocycles. The molecule has 0 aliphatic carbocycles. The number of carbonyl (C=O) groups excluding carboxylic acids is 1. The second kappa shape index (κ2) is 4.78. The van der Waals surface area contributed by atoms with Gasteiger partial charge in [0.25, 0.3) is 10.0 Å². The van der Waals surface area contributed by atoms with E-state index < -0.39 is 16.1 Å². The van der Waals surface area contributed by atoms with Crippen LogP contribution in [0.15, 0.2) is 53.4 Å². The Bertz CT molecular complexity index is 817. The van der Waals surface area contributed by atoms with Crippen molar-refractivity contribution in [2.75, 3.05) is 16.7 Å². The fourth-order valence-corrected chi connectivity index (χ4v) is 3.72. The molecule has 2 amide bonds. The fourth-order valence-electron chi connectivity index (χ4n) is 2.20. The molecule has 0 bridgehead atoms. The van der Waals surface area contributed by atoms with Gasteiger partial charge < -0.3 is 10.1 Å². The number of para-hydroxylation sites is 3. The summed E-state index contributed by atoms with van der Waals surface area (Å²) in [5, 5.41) is 2.57. The quantitative estimate of drug-likeness (QED) is 0.924. The van der Waals surface area contributed by atoms with E-state index >= 15 is 0 Å². The second-order valence-electron chi connectivity index (χ2n) is 4.37. The Kier molecular flexibility index (Phi) is 3.06. The van der Waals surface area contributed by atoms with E-state index in [-0.39, 0.29) is 16.3 Å². The molecular weight excluding hydrogens is 292 g/mol. The van der Waals surface area contributed by atoms with Gasteiger partial charge in [-0.25, -0.2) is 13.2 Å². The minimum absolute atomic E-state index is 0.0514. The van der Waals surface area contributed by atoms with E-state index in [1.165, 1.54) is 19.2 Å². The summed E-state index contributed by atoms with van der Waals surface area (Å²) in [6, 6.07) is 12.0. The molecule has 0 atom stereocenters. The lowest BCUT2D eigenvalue weighted by atomic mass is 10.3. The highest BCUT2D eigenvalue weighted by Crippen LogP contribution is 2.37. The second-order valence-corrected chi connectivity index (χ2v) is 6.12. The number of ether oxygens (including phenoxy) is 1. The summed E-state index contributed by atoms with van der Waals surface area (Å²) in [7, 11) is -2.56. The van der Waals surface area contributed by atoms with E-state index in [0.717, 1.165) is 0 Å². The van der Waals surface area contributed by atoms with Crippen molar-refractivity contribution in [2.24, 2.45) is 0 Å². The molecule has 0 spiro atoms. The average Bonchev–Trinajstić information content (AvgIpc) is 2.47. The van der Waals surface area contributed by atoms with Gasteiger partial charge in [0.2, 0.25) is 0 Å². The van der Waals surface area contributed by atoms with Crippen molar-refractivity contribution < 1.29 is 17.9 Å². The van der Waals surface area contributed by atoms with Crippen molar-refractivity contribution >= 4 is 27.4 Å². The molecule has 1 aliphatic rings. The average molecular weight is 304 g/mol. The van der Waals surface area contributed by atoms with Gasteiger partial charge in [0.15, 0.2) is 0 Å². The van der Waals surface area contributed by atoms with Gasteiger partial charge in [-0.05, 0) is 24.3 Å². The van der Waals surface area contributed by atoms with Crippen LogP contribution in [0.4, 0.5) is 16.2 Å². The summed E-state index contributed by atoms with van der Waals surface area (Å²) >= 11 is 0. The summed E-state index contributed by atoms with van der Waals surface area (Å²) in [4.78, 5) is 12.3. The van der Waals surface area contributed by atoms with Gasteiger partial charge in [-0.1, -0.05) is 24.3 Å². The molecule has 0 radical (unpaired) electrons. The van der Waals surface area contributed by atoms with E-state index in [9.17, 15) is 13.2 Å². The molecule has 0 aromatic heterocycles. The highest BCUT2D eigenvalue weighted by Gasteiger charge is 2.38. The minimum atomic E-state index is -3.98. The Labute approximate surface area is 122 Å². The maximum absolute atomic E-state index is 12.7. The first kappa shape index (κ1) is 13.4. The third-order valence-electron chi connectivity index (χ3n) is 3.14. The number of carbonyl (C=O) groups is 1. The molecule has 0 unspecified atom stereocenters. The van der Waals surface area contributed by atoms with Crippen LogP contribution in [0.5, 0.6) is 5.75 Å². The number of amides is 2. The SMILES string of the molecule is COc1ccccc1N1C(=O)Nc2ccccc2S1(=O)=O. The van der Waals surface area contributed by atoms with Gasteiger partial charge in [-0.3, -0.25) is 0 Å². The normalized spacial score (nSPS) is 16.0. The number of hydrogen-bond acceptors (Lipinski definition) is 4. The number of rotatable bonds is 2. The summed E-state index contributed by atoms with van der Waals surface area (Å²) < 4.78 is 31.2. The van der Waals surface area contributed by atoms with E-state index in [1.807, 2.05) is 0 Å². The monoisotopic (exact) mass is 304 g/mol. The maximum Gasteiger partial charge on any atom is 0.340 e. The van der Waals surface area contributed by atoms with Crippen LogP contribution in [0.3, 0.4) is 0 Å². The van der Waals surface area contributed by atoms with Crippen LogP contribution in [0.25, 0.3) is 0 Å². The van der Waals surface area contributed by atoms with Crippen LogP contribution >= 0.6 is 0 Å². The number of nitrogens with zero attached hydrogens (tertiary/aromatic N) is 1. The van der Waals surface area contributed by atoms with Gasteiger partial charge in [0, 0.05) is 0 Å². The Hall–Kier alpha value is -2.54. The lowest BCUT2D eigenvalue weighted by Crippen LogP contribution is -2.44. The largest absolute Gasteiger partial charge is 0.495 e. The van der Waals surface area contributed by atoms with Crippen molar-refractivity contribution in [1.29, 1.82) is 0 Å². The molecule has 7 heteroatoms. The van der Waals surface area contributed by atoms with Crippen molar-refractivity contribution in [3.63, 3.8) is 0 Å². The molecule has 0 fully saturated rings. The first-order chi connectivity index (χ1) is 10.1. The van der Waals surface area contributed by atoms with Gasteiger partial charge in [0.05, 0.1) is 12.8 Å². The molecular formula is C14H12N2O4S. The van der Waals surface area contributed by atoms with Gasteiger partial charge in [-0.15, -0.1) is 0 Å². The van der Waals surface area contributed by atoms with E-state index in [4.69, 9.17) is 4.74 Å². The zero-order chi connectivity index (χ0) is 15.0. The zero-order valence-corrected chi connectivity index (χ0v) is 11.9. The Balaban J connectivity index is 2.23. The molecule has 108 valence electrons. The molecule has 1 heterocycles. The third kappa shape index (κ3) is 2.02. The van der Waals surface area contributed by atoms with E-state index in [1.54, 1.807) is 36.4 Å². The molecule has 3 rings (SSSR count). The van der Waals surface area contributed by atoms with Crippen molar-refractivity contribution in [1.82, 2.24) is 0 Å². The lowest BCUT2D eigenvalue weighted by Gasteiger charge is -2.29. The lowest BCUT2D eigenvalue weighted by molar-refractivity contribution is 0.259. The Morgan fingerprint density at radius 2 is 1.71 bits per heavy atom. The molecule has 2 aromatic carbocycles. The van der Waals surface area contributed by atoms with Crippen molar-refractivity contribution in [2.45, 2.75) is 4.90 Å². The van der Waals surface area contributed by atoms with E-state index in [2.05, 4.69) is 5.32 Å². The van der Waals surface area contributed by atoms with Crippen LogP contribution in [-0.2, 0) is 10.0 Å². The predicted molar refractivity (Wildman–Crippen MR) is 78.1 cm³/mol. The number of hydrogen-bond donors (Lipinski definition) is 1.